The van der Waals surface area contributed by atoms with Crippen LogP contribution >= 0.6 is 11.6 Å². The number of benzene rings is 4. The van der Waals surface area contributed by atoms with Crippen molar-refractivity contribution >= 4 is 39.4 Å². The normalized spacial score (nSPS) is 11.2. The van der Waals surface area contributed by atoms with Crippen molar-refractivity contribution < 1.29 is 17.9 Å². The topological polar surface area (TPSA) is 96.9 Å². The molecule has 2 N–H and O–H groups in total. The fourth-order valence-electron chi connectivity index (χ4n) is 3.17. The summed E-state index contributed by atoms with van der Waals surface area (Å²) in [5.74, 6) is 0.251. The first kappa shape index (κ1) is 25.0. The number of nitrogens with one attached hydrogen (secondary N) is 2. The number of rotatable bonds is 9. The van der Waals surface area contributed by atoms with E-state index in [9.17, 15) is 13.2 Å². The number of amides is 1. The molecule has 0 unspecified atom stereocenters. The third-order valence-electron chi connectivity index (χ3n) is 5.01. The number of anilines is 1. The third kappa shape index (κ3) is 6.94. The number of sulfonamides is 1. The van der Waals surface area contributed by atoms with Crippen LogP contribution in [0.15, 0.2) is 113 Å². The molecule has 7 nitrogen and oxygen atoms in total. The Balaban J connectivity index is 1.32. The molecule has 0 aliphatic carbocycles. The van der Waals surface area contributed by atoms with Gasteiger partial charge < -0.3 is 4.74 Å². The van der Waals surface area contributed by atoms with Gasteiger partial charge in [0.15, 0.2) is 0 Å². The fourth-order valence-corrected chi connectivity index (χ4v) is 4.36. The molecule has 182 valence electrons. The van der Waals surface area contributed by atoms with Crippen molar-refractivity contribution in [3.63, 3.8) is 0 Å². The van der Waals surface area contributed by atoms with Crippen LogP contribution in [0.3, 0.4) is 0 Å². The van der Waals surface area contributed by atoms with Gasteiger partial charge in [0.1, 0.15) is 12.4 Å². The predicted molar refractivity (Wildman–Crippen MR) is 141 cm³/mol. The average Bonchev–Trinajstić information content (AvgIpc) is 2.89. The molecule has 0 saturated heterocycles. The largest absolute Gasteiger partial charge is 0.489 e. The van der Waals surface area contributed by atoms with Crippen molar-refractivity contribution in [2.75, 3.05) is 4.72 Å². The van der Waals surface area contributed by atoms with Gasteiger partial charge in [-0.2, -0.15) is 5.10 Å². The first-order chi connectivity index (χ1) is 17.4. The van der Waals surface area contributed by atoms with Crippen molar-refractivity contribution in [2.24, 2.45) is 5.10 Å². The zero-order valence-electron chi connectivity index (χ0n) is 19.0. The van der Waals surface area contributed by atoms with Crippen molar-refractivity contribution in [3.05, 3.63) is 125 Å². The van der Waals surface area contributed by atoms with Crippen LogP contribution in [0.2, 0.25) is 5.02 Å². The Morgan fingerprint density at radius 1 is 0.889 bits per heavy atom. The number of carbonyl (C=O) groups excluding carboxylic acids is 1. The number of ether oxygens (including phenoxy) is 1. The molecule has 0 saturated carbocycles. The lowest BCUT2D eigenvalue weighted by atomic mass is 10.2. The van der Waals surface area contributed by atoms with Gasteiger partial charge >= 0.3 is 0 Å². The highest BCUT2D eigenvalue weighted by Crippen LogP contribution is 2.19. The highest BCUT2D eigenvalue weighted by molar-refractivity contribution is 7.92. The molecule has 4 rings (SSSR count). The van der Waals surface area contributed by atoms with Crippen LogP contribution in [-0.2, 0) is 16.6 Å². The van der Waals surface area contributed by atoms with Crippen LogP contribution in [0.1, 0.15) is 21.5 Å². The van der Waals surface area contributed by atoms with E-state index in [-0.39, 0.29) is 4.90 Å². The highest BCUT2D eigenvalue weighted by atomic mass is 35.5. The quantitative estimate of drug-likeness (QED) is 0.226. The Kier molecular flexibility index (Phi) is 7.99. The molecule has 0 aromatic heterocycles. The van der Waals surface area contributed by atoms with E-state index in [2.05, 4.69) is 15.2 Å². The number of halogens is 1. The van der Waals surface area contributed by atoms with Gasteiger partial charge in [-0.3, -0.25) is 9.52 Å². The van der Waals surface area contributed by atoms with Crippen molar-refractivity contribution in [2.45, 2.75) is 11.5 Å². The number of carbonyl (C=O) groups is 1. The summed E-state index contributed by atoms with van der Waals surface area (Å²) in [5, 5.41) is 4.44. The number of hydrogen-bond acceptors (Lipinski definition) is 5. The average molecular weight is 520 g/mol. The molecule has 1 amide bonds. The summed E-state index contributed by atoms with van der Waals surface area (Å²) in [5.41, 5.74) is 4.92. The van der Waals surface area contributed by atoms with Gasteiger partial charge in [0, 0.05) is 16.3 Å². The van der Waals surface area contributed by atoms with Crippen LogP contribution in [0.25, 0.3) is 0 Å². The first-order valence-corrected chi connectivity index (χ1v) is 12.7. The molecule has 0 fully saturated rings. The third-order valence-corrected chi connectivity index (χ3v) is 6.66. The lowest BCUT2D eigenvalue weighted by Crippen LogP contribution is -2.18. The van der Waals surface area contributed by atoms with E-state index in [0.29, 0.717) is 28.6 Å². The monoisotopic (exact) mass is 519 g/mol. The van der Waals surface area contributed by atoms with Crippen LogP contribution in [-0.4, -0.2) is 20.5 Å². The lowest BCUT2D eigenvalue weighted by molar-refractivity contribution is 0.0955. The van der Waals surface area contributed by atoms with Crippen LogP contribution in [0.4, 0.5) is 5.69 Å². The molecule has 0 heterocycles. The molecule has 0 bridgehead atoms. The summed E-state index contributed by atoms with van der Waals surface area (Å²) in [7, 11) is -3.77. The molecule has 0 atom stereocenters. The highest BCUT2D eigenvalue weighted by Gasteiger charge is 2.14. The van der Waals surface area contributed by atoms with E-state index >= 15 is 0 Å². The molecule has 9 heteroatoms. The van der Waals surface area contributed by atoms with Gasteiger partial charge in [-0.15, -0.1) is 0 Å². The van der Waals surface area contributed by atoms with Crippen molar-refractivity contribution in [3.8, 4) is 5.75 Å². The van der Waals surface area contributed by atoms with E-state index in [1.54, 1.807) is 0 Å². The van der Waals surface area contributed by atoms with E-state index in [4.69, 9.17) is 16.3 Å². The molecule has 4 aromatic rings. The maximum atomic E-state index is 12.5. The molecule has 0 aliphatic heterocycles. The fraction of sp³-hybridized carbons (Fsp3) is 0.0370. The van der Waals surface area contributed by atoms with E-state index in [0.717, 1.165) is 11.1 Å². The first-order valence-electron chi connectivity index (χ1n) is 10.9. The second-order valence-corrected chi connectivity index (χ2v) is 9.80. The zero-order valence-corrected chi connectivity index (χ0v) is 20.5. The number of hydrazone groups is 1. The number of hydrogen-bond donors (Lipinski definition) is 2. The standard InChI is InChI=1S/C27H22ClN3O4S/c28-23-11-15-26(16-12-23)36(33,34)31-24-13-9-22(10-14-24)27(32)30-29-18-21-7-4-8-25(17-21)35-19-20-5-2-1-3-6-20/h1-18,31H,19H2,(H,30,32). The van der Waals surface area contributed by atoms with E-state index < -0.39 is 15.9 Å². The maximum Gasteiger partial charge on any atom is 0.271 e. The molecule has 4 aromatic carbocycles. The SMILES string of the molecule is O=C(NN=Cc1cccc(OCc2ccccc2)c1)c1ccc(NS(=O)(=O)c2ccc(Cl)cc2)cc1. The Labute approximate surface area is 214 Å². The second kappa shape index (κ2) is 11.5. The molecule has 0 aliphatic rings. The summed E-state index contributed by atoms with van der Waals surface area (Å²) >= 11 is 5.81. The lowest BCUT2D eigenvalue weighted by Gasteiger charge is -2.09. The Bertz CT molecular complexity index is 1460. The van der Waals surface area contributed by atoms with Gasteiger partial charge in [-0.05, 0) is 71.8 Å². The summed E-state index contributed by atoms with van der Waals surface area (Å²) in [6, 6.07) is 29.0. The Morgan fingerprint density at radius 2 is 1.61 bits per heavy atom. The summed E-state index contributed by atoms with van der Waals surface area (Å²) in [4.78, 5) is 12.5. The van der Waals surface area contributed by atoms with Crippen LogP contribution in [0.5, 0.6) is 5.75 Å². The van der Waals surface area contributed by atoms with Crippen LogP contribution < -0.4 is 14.9 Å². The smallest absolute Gasteiger partial charge is 0.271 e. The Morgan fingerprint density at radius 3 is 2.33 bits per heavy atom. The Hall–Kier alpha value is -4.14. The molecule has 0 spiro atoms. The molecule has 36 heavy (non-hydrogen) atoms. The second-order valence-electron chi connectivity index (χ2n) is 7.68. The minimum absolute atomic E-state index is 0.0811. The molecular weight excluding hydrogens is 498 g/mol. The molecule has 0 radical (unpaired) electrons. The van der Waals surface area contributed by atoms with Gasteiger partial charge in [0.05, 0.1) is 11.1 Å². The predicted octanol–water partition coefficient (Wildman–Crippen LogP) is 5.48. The summed E-state index contributed by atoms with van der Waals surface area (Å²) in [6.45, 7) is 0.448. The van der Waals surface area contributed by atoms with Crippen LogP contribution in [0, 0.1) is 0 Å². The summed E-state index contributed by atoms with van der Waals surface area (Å²) in [6.07, 6.45) is 1.52. The van der Waals surface area contributed by atoms with Gasteiger partial charge in [-0.25, -0.2) is 13.8 Å². The molecular formula is C27H22ClN3O4S. The minimum atomic E-state index is -3.77. The zero-order chi connectivity index (χ0) is 25.4. The van der Waals surface area contributed by atoms with Crippen molar-refractivity contribution in [1.82, 2.24) is 5.43 Å². The summed E-state index contributed by atoms with van der Waals surface area (Å²) < 4.78 is 33.2. The minimum Gasteiger partial charge on any atom is -0.489 e. The van der Waals surface area contributed by atoms with Gasteiger partial charge in [0.25, 0.3) is 15.9 Å². The van der Waals surface area contributed by atoms with E-state index in [1.807, 2.05) is 54.6 Å². The van der Waals surface area contributed by atoms with Gasteiger partial charge in [-0.1, -0.05) is 54.1 Å². The van der Waals surface area contributed by atoms with Crippen molar-refractivity contribution in [1.29, 1.82) is 0 Å². The maximum absolute atomic E-state index is 12.5. The van der Waals surface area contributed by atoms with Gasteiger partial charge in [0.2, 0.25) is 0 Å². The number of nitrogens with zero attached hydrogens (tertiary/aromatic N) is 1. The van der Waals surface area contributed by atoms with E-state index in [1.165, 1.54) is 54.7 Å².